The number of ketones is 1. The Labute approximate surface area is 233 Å². The molecule has 0 amide bonds. The predicted molar refractivity (Wildman–Crippen MR) is 156 cm³/mol. The number of hydrogen-bond acceptors (Lipinski definition) is 6. The number of hydrogen-bond donors (Lipinski definition) is 0. The number of carbonyl (C=O) groups excluding carboxylic acids is 1. The molecule has 3 heterocycles. The summed E-state index contributed by atoms with van der Waals surface area (Å²) in [7, 11) is 3.20. The Morgan fingerprint density at radius 1 is 0.900 bits per heavy atom. The van der Waals surface area contributed by atoms with Gasteiger partial charge in [0.25, 0.3) is 0 Å². The highest BCUT2D eigenvalue weighted by Gasteiger charge is 2.25. The molecule has 0 unspecified atom stereocenters. The first-order chi connectivity index (χ1) is 19.7. The molecule has 0 atom stereocenters. The molecule has 8 heteroatoms. The average Bonchev–Trinajstić information content (AvgIpc) is 3.55. The molecule has 0 N–H and O–H groups in total. The Kier molecular flexibility index (Phi) is 7.35. The number of nitrogens with zero attached hydrogens (tertiary/aromatic N) is 4. The molecule has 2 aromatic heterocycles. The molecule has 5 aromatic rings. The lowest BCUT2D eigenvalue weighted by atomic mass is 10.1. The van der Waals surface area contributed by atoms with E-state index in [0.717, 1.165) is 67.3 Å². The quantitative estimate of drug-likeness (QED) is 0.191. The zero-order chi connectivity index (χ0) is 27.5. The number of carbonyl (C=O) groups is 1. The van der Waals surface area contributed by atoms with Gasteiger partial charge in [-0.3, -0.25) is 14.1 Å². The van der Waals surface area contributed by atoms with Crippen molar-refractivity contribution in [2.45, 2.75) is 6.54 Å². The molecule has 1 fully saturated rings. The second-order valence-electron chi connectivity index (χ2n) is 9.72. The van der Waals surface area contributed by atoms with Gasteiger partial charge in [-0.05, 0) is 35.9 Å². The number of fused-ring (bicyclic) bond motifs is 3. The molecule has 1 aliphatic rings. The fourth-order valence-corrected chi connectivity index (χ4v) is 5.33. The van der Waals surface area contributed by atoms with Crippen molar-refractivity contribution < 1.29 is 19.0 Å². The lowest BCUT2D eigenvalue weighted by molar-refractivity contribution is 0.0366. The van der Waals surface area contributed by atoms with Crippen LogP contribution in [0.2, 0.25) is 0 Å². The maximum Gasteiger partial charge on any atom is 0.216 e. The van der Waals surface area contributed by atoms with Crippen molar-refractivity contribution in [2.24, 2.45) is 0 Å². The van der Waals surface area contributed by atoms with Crippen molar-refractivity contribution in [2.75, 3.05) is 47.1 Å². The number of para-hydroxylation sites is 2. The normalized spacial score (nSPS) is 14.3. The molecule has 0 bridgehead atoms. The monoisotopic (exact) mass is 536 g/mol. The molecule has 0 saturated carbocycles. The van der Waals surface area contributed by atoms with E-state index >= 15 is 0 Å². The van der Waals surface area contributed by atoms with E-state index in [4.69, 9.17) is 19.2 Å². The Hall–Kier alpha value is -4.40. The van der Waals surface area contributed by atoms with Crippen LogP contribution in [-0.4, -0.2) is 71.7 Å². The molecule has 1 saturated heterocycles. The molecule has 204 valence electrons. The Balaban J connectivity index is 1.46. The molecule has 40 heavy (non-hydrogen) atoms. The van der Waals surface area contributed by atoms with Crippen molar-refractivity contribution in [3.8, 4) is 22.8 Å². The number of methoxy groups -OCH3 is 2. The summed E-state index contributed by atoms with van der Waals surface area (Å²) in [6, 6.07) is 23.7. The zero-order valence-corrected chi connectivity index (χ0v) is 22.7. The SMILES string of the molecule is COc1ccc(/C=C/C(=O)c2c(-c3ccccc3)nc3n(CCN4CCOCC4)c4ccccc4n23)cc1OC. The minimum absolute atomic E-state index is 0.128. The first kappa shape index (κ1) is 25.9. The fraction of sp³-hybridized carbons (Fsp3) is 0.250. The summed E-state index contributed by atoms with van der Waals surface area (Å²) in [6.45, 7) is 5.00. The van der Waals surface area contributed by atoms with Crippen molar-refractivity contribution >= 4 is 28.7 Å². The number of benzene rings is 3. The largest absolute Gasteiger partial charge is 0.493 e. The van der Waals surface area contributed by atoms with Gasteiger partial charge in [-0.1, -0.05) is 54.6 Å². The van der Waals surface area contributed by atoms with Crippen LogP contribution < -0.4 is 9.47 Å². The van der Waals surface area contributed by atoms with Crippen LogP contribution in [0.5, 0.6) is 11.5 Å². The van der Waals surface area contributed by atoms with E-state index in [2.05, 4.69) is 21.6 Å². The van der Waals surface area contributed by atoms with Crippen LogP contribution in [0.25, 0.3) is 34.1 Å². The van der Waals surface area contributed by atoms with Crippen molar-refractivity contribution in [1.82, 2.24) is 18.9 Å². The average molecular weight is 537 g/mol. The van der Waals surface area contributed by atoms with E-state index in [0.29, 0.717) is 22.9 Å². The lowest BCUT2D eigenvalue weighted by Gasteiger charge is -2.26. The summed E-state index contributed by atoms with van der Waals surface area (Å²) >= 11 is 0. The van der Waals surface area contributed by atoms with Crippen LogP contribution in [0.4, 0.5) is 0 Å². The summed E-state index contributed by atoms with van der Waals surface area (Å²) in [5.41, 5.74) is 4.95. The van der Waals surface area contributed by atoms with Crippen LogP contribution in [-0.2, 0) is 11.3 Å². The van der Waals surface area contributed by atoms with Gasteiger partial charge in [-0.2, -0.15) is 0 Å². The first-order valence-electron chi connectivity index (χ1n) is 13.5. The molecule has 3 aromatic carbocycles. The van der Waals surface area contributed by atoms with Gasteiger partial charge in [0.05, 0.1) is 38.5 Å². The Bertz CT molecular complexity index is 1680. The van der Waals surface area contributed by atoms with Crippen molar-refractivity contribution in [3.63, 3.8) is 0 Å². The number of aromatic nitrogens is 3. The highest BCUT2D eigenvalue weighted by molar-refractivity contribution is 6.11. The van der Waals surface area contributed by atoms with E-state index in [9.17, 15) is 4.79 Å². The highest BCUT2D eigenvalue weighted by atomic mass is 16.5. The second-order valence-corrected chi connectivity index (χ2v) is 9.72. The third-order valence-electron chi connectivity index (χ3n) is 7.37. The van der Waals surface area contributed by atoms with Crippen molar-refractivity contribution in [3.05, 3.63) is 90.1 Å². The number of ether oxygens (including phenoxy) is 3. The first-order valence-corrected chi connectivity index (χ1v) is 13.5. The van der Waals surface area contributed by atoms with E-state index < -0.39 is 0 Å². The third kappa shape index (κ3) is 4.87. The predicted octanol–water partition coefficient (Wildman–Crippen LogP) is 5.20. The third-order valence-corrected chi connectivity index (χ3v) is 7.37. The van der Waals surface area contributed by atoms with E-state index in [1.54, 1.807) is 26.4 Å². The van der Waals surface area contributed by atoms with Gasteiger partial charge in [0, 0.05) is 31.7 Å². The van der Waals surface area contributed by atoms with E-state index in [-0.39, 0.29) is 5.78 Å². The number of allylic oxidation sites excluding steroid dienone is 1. The Morgan fingerprint density at radius 2 is 1.62 bits per heavy atom. The maximum absolute atomic E-state index is 14.0. The summed E-state index contributed by atoms with van der Waals surface area (Å²) in [6.07, 6.45) is 3.41. The highest BCUT2D eigenvalue weighted by Crippen LogP contribution is 2.31. The lowest BCUT2D eigenvalue weighted by Crippen LogP contribution is -2.38. The smallest absolute Gasteiger partial charge is 0.216 e. The summed E-state index contributed by atoms with van der Waals surface area (Å²) in [5, 5.41) is 0. The molecule has 8 nitrogen and oxygen atoms in total. The van der Waals surface area contributed by atoms with E-state index in [1.807, 2.05) is 65.1 Å². The van der Waals surface area contributed by atoms with Crippen molar-refractivity contribution in [1.29, 1.82) is 0 Å². The fourth-order valence-electron chi connectivity index (χ4n) is 5.33. The topological polar surface area (TPSA) is 70.2 Å². The van der Waals surface area contributed by atoms with Crippen LogP contribution in [0.1, 0.15) is 16.1 Å². The molecule has 0 aliphatic carbocycles. The summed E-state index contributed by atoms with van der Waals surface area (Å²) in [4.78, 5) is 21.5. The van der Waals surface area contributed by atoms with Gasteiger partial charge < -0.3 is 18.8 Å². The molecule has 0 spiro atoms. The molecule has 0 radical (unpaired) electrons. The van der Waals surface area contributed by atoms with Crippen LogP contribution >= 0.6 is 0 Å². The van der Waals surface area contributed by atoms with Gasteiger partial charge in [-0.25, -0.2) is 4.98 Å². The van der Waals surface area contributed by atoms with Gasteiger partial charge in [0.15, 0.2) is 11.5 Å². The van der Waals surface area contributed by atoms with Gasteiger partial charge in [-0.15, -0.1) is 0 Å². The van der Waals surface area contributed by atoms with Gasteiger partial charge in [0.2, 0.25) is 11.6 Å². The van der Waals surface area contributed by atoms with Crippen LogP contribution in [0, 0.1) is 0 Å². The summed E-state index contributed by atoms with van der Waals surface area (Å²) in [5.74, 6) is 1.88. The summed E-state index contributed by atoms with van der Waals surface area (Å²) < 4.78 is 20.6. The number of imidazole rings is 2. The minimum atomic E-state index is -0.128. The van der Waals surface area contributed by atoms with Crippen LogP contribution in [0.15, 0.2) is 78.9 Å². The van der Waals surface area contributed by atoms with Gasteiger partial charge in [0.1, 0.15) is 11.4 Å². The molecular weight excluding hydrogens is 504 g/mol. The minimum Gasteiger partial charge on any atom is -0.493 e. The molecular formula is C32H32N4O4. The second kappa shape index (κ2) is 11.4. The Morgan fingerprint density at radius 3 is 2.38 bits per heavy atom. The van der Waals surface area contributed by atoms with Crippen LogP contribution in [0.3, 0.4) is 0 Å². The number of rotatable bonds is 9. The zero-order valence-electron chi connectivity index (χ0n) is 22.7. The molecule has 1 aliphatic heterocycles. The van der Waals surface area contributed by atoms with E-state index in [1.165, 1.54) is 0 Å². The number of morpholine rings is 1. The van der Waals surface area contributed by atoms with Gasteiger partial charge >= 0.3 is 0 Å². The maximum atomic E-state index is 14.0. The standard InChI is InChI=1S/C32H32N4O4/c1-38-28-15-13-23(22-29(28)39-2)12-14-27(37)31-30(24-8-4-3-5-9-24)33-32-35(17-16-34-18-20-40-21-19-34)25-10-6-7-11-26(25)36(31)32/h3-15,22H,16-21H2,1-2H3/b14-12+. The molecule has 6 rings (SSSR count).